The van der Waals surface area contributed by atoms with Gasteiger partial charge in [-0.2, -0.15) is 0 Å². The Morgan fingerprint density at radius 3 is 2.13 bits per heavy atom. The van der Waals surface area contributed by atoms with Crippen LogP contribution in [0.2, 0.25) is 0 Å². The molecule has 2 saturated heterocycles. The molecule has 3 N–H and O–H groups in total. The molecule has 0 spiro atoms. The maximum absolute atomic E-state index is 14.2. The first kappa shape index (κ1) is 62.6. The van der Waals surface area contributed by atoms with Gasteiger partial charge in [0.05, 0.1) is 9.82 Å². The average Bonchev–Trinajstić information content (AvgIpc) is 3.43. The number of halogens is 1. The van der Waals surface area contributed by atoms with E-state index >= 15 is 0 Å². The van der Waals surface area contributed by atoms with Crippen LogP contribution in [0.5, 0.6) is 0 Å². The van der Waals surface area contributed by atoms with Crippen molar-refractivity contribution in [3.63, 3.8) is 0 Å². The van der Waals surface area contributed by atoms with E-state index in [2.05, 4.69) is 117 Å². The topological polar surface area (TPSA) is 133 Å². The molecule has 2 fully saturated rings. The molecular formula is C59H85FN10O4S2. The van der Waals surface area contributed by atoms with Crippen molar-refractivity contribution in [2.45, 2.75) is 62.9 Å². The minimum Gasteiger partial charge on any atom is -0.379 e. The smallest absolute Gasteiger partial charge is 0.293 e. The number of alkyl halides is 1. The lowest BCUT2D eigenvalue weighted by molar-refractivity contribution is -0.384. The predicted octanol–water partition coefficient (Wildman–Crippen LogP) is 10.6. The van der Waals surface area contributed by atoms with Gasteiger partial charge in [-0.1, -0.05) is 62.4 Å². The number of hydrogen-bond acceptors (Lipinski definition) is 12. The molecule has 17 heteroatoms. The third-order valence-corrected chi connectivity index (χ3v) is 15.6. The summed E-state index contributed by atoms with van der Waals surface area (Å²) in [6.07, 6.45) is 5.19. The molecule has 0 aliphatic carbocycles. The summed E-state index contributed by atoms with van der Waals surface area (Å²) in [5.41, 5.74) is 6.68. The van der Waals surface area contributed by atoms with Crippen molar-refractivity contribution in [3.05, 3.63) is 161 Å². The minimum absolute atomic E-state index is 0.0672. The maximum atomic E-state index is 14.2. The van der Waals surface area contributed by atoms with Crippen molar-refractivity contribution in [2.24, 2.45) is 0 Å². The second-order valence-corrected chi connectivity index (χ2v) is 21.5. The number of nitrogens with one attached hydrogen (secondary N) is 3. The molecule has 14 nitrogen and oxygen atoms in total. The van der Waals surface area contributed by atoms with Crippen molar-refractivity contribution >= 4 is 57.1 Å². The lowest BCUT2D eigenvalue weighted by Gasteiger charge is -2.37. The number of nitro groups is 1. The predicted molar refractivity (Wildman–Crippen MR) is 320 cm³/mol. The lowest BCUT2D eigenvalue weighted by Crippen LogP contribution is -2.46. The lowest BCUT2D eigenvalue weighted by atomic mass is 9.90. The zero-order valence-electron chi connectivity index (χ0n) is 46.6. The molecule has 0 bridgehead atoms. The fourth-order valence-corrected chi connectivity index (χ4v) is 10.2. The van der Waals surface area contributed by atoms with E-state index in [0.717, 1.165) is 116 Å². The van der Waals surface area contributed by atoms with E-state index in [-0.39, 0.29) is 17.5 Å². The van der Waals surface area contributed by atoms with E-state index < -0.39 is 22.1 Å². The van der Waals surface area contributed by atoms with Crippen molar-refractivity contribution in [1.29, 1.82) is 0 Å². The average molecular weight is 1080 g/mol. The summed E-state index contributed by atoms with van der Waals surface area (Å²) in [6.45, 7) is 26.9. The molecule has 2 aliphatic rings. The minimum atomic E-state index is -1.72. The van der Waals surface area contributed by atoms with Gasteiger partial charge < -0.3 is 44.8 Å². The van der Waals surface area contributed by atoms with E-state index in [9.17, 15) is 23.5 Å². The summed E-state index contributed by atoms with van der Waals surface area (Å²) in [6, 6.07) is 30.9. The third-order valence-electron chi connectivity index (χ3n) is 13.4. The molecule has 0 aromatic heterocycles. The maximum Gasteiger partial charge on any atom is 0.293 e. The highest BCUT2D eigenvalue weighted by molar-refractivity contribution is 7.99. The summed E-state index contributed by atoms with van der Waals surface area (Å²) in [4.78, 5) is 40.9. The summed E-state index contributed by atoms with van der Waals surface area (Å²) >= 11 is 1.66. The van der Waals surface area contributed by atoms with Crippen LogP contribution < -0.4 is 25.2 Å². The van der Waals surface area contributed by atoms with Crippen LogP contribution in [-0.2, 0) is 15.8 Å². The number of nitrogens with zero attached hydrogens (tertiary/aromatic N) is 7. The second-order valence-electron chi connectivity index (χ2n) is 19.1. The molecule has 4 aromatic rings. The van der Waals surface area contributed by atoms with E-state index in [1.165, 1.54) is 13.0 Å². The summed E-state index contributed by atoms with van der Waals surface area (Å²) < 4.78 is 30.1. The van der Waals surface area contributed by atoms with Gasteiger partial charge in [0.1, 0.15) is 11.9 Å². The van der Waals surface area contributed by atoms with Gasteiger partial charge in [-0.25, -0.2) is 8.60 Å². The van der Waals surface area contributed by atoms with Gasteiger partial charge in [-0.05, 0) is 133 Å². The largest absolute Gasteiger partial charge is 0.379 e. The summed E-state index contributed by atoms with van der Waals surface area (Å²) in [5, 5.41) is 18.4. The zero-order valence-corrected chi connectivity index (χ0v) is 48.2. The number of thioether (sulfide) groups is 1. The molecule has 4 aromatic carbocycles. The molecule has 3 atom stereocenters. The van der Waals surface area contributed by atoms with Gasteiger partial charge in [-0.15, -0.1) is 24.9 Å². The molecule has 2 aliphatic heterocycles. The normalized spacial score (nSPS) is 15.9. The molecule has 2 heterocycles. The number of allylic oxidation sites excluding steroid dienone is 3. The van der Waals surface area contributed by atoms with Crippen molar-refractivity contribution in [2.75, 3.05) is 139 Å². The van der Waals surface area contributed by atoms with Gasteiger partial charge in [0.2, 0.25) is 5.91 Å². The van der Waals surface area contributed by atoms with Crippen molar-refractivity contribution in [3.8, 4) is 0 Å². The van der Waals surface area contributed by atoms with E-state index in [1.807, 2.05) is 87.6 Å². The van der Waals surface area contributed by atoms with Gasteiger partial charge in [-0.3, -0.25) is 14.9 Å². The Morgan fingerprint density at radius 2 is 1.53 bits per heavy atom. The number of rotatable bonds is 24. The monoisotopic (exact) mass is 1080 g/mol. The fourth-order valence-electron chi connectivity index (χ4n) is 8.53. The number of hydrogen-bond donors (Lipinski definition) is 3. The Balaban J connectivity index is 0.00000168. The molecule has 76 heavy (non-hydrogen) atoms. The Kier molecular flexibility index (Phi) is 27.4. The first-order valence-electron chi connectivity index (χ1n) is 26.4. The molecule has 0 saturated carbocycles. The number of carbonyl (C=O) groups excluding carboxylic acids is 1. The highest BCUT2D eigenvalue weighted by Gasteiger charge is 2.26. The highest BCUT2D eigenvalue weighted by atomic mass is 32.2. The third kappa shape index (κ3) is 20.5. The quantitative estimate of drug-likeness (QED) is 0.0117. The molecule has 6 rings (SSSR count). The van der Waals surface area contributed by atoms with Crippen LogP contribution in [-0.4, -0.2) is 160 Å². The van der Waals surface area contributed by atoms with E-state index in [4.69, 9.17) is 0 Å². The number of likely N-dealkylation sites (N-methyl/N-ethyl adjacent to an activating group) is 2. The Bertz CT molecular complexity index is 2510. The first-order chi connectivity index (χ1) is 36.6. The van der Waals surface area contributed by atoms with Gasteiger partial charge in [0.25, 0.3) is 5.69 Å². The highest BCUT2D eigenvalue weighted by Crippen LogP contribution is 2.32. The van der Waals surface area contributed by atoms with Crippen LogP contribution in [0.1, 0.15) is 52.5 Å². The molecular weight excluding hydrogens is 996 g/mol. The number of amides is 1. The van der Waals surface area contributed by atoms with Gasteiger partial charge in [0, 0.05) is 130 Å². The molecule has 3 unspecified atom stereocenters. The Labute approximate surface area is 460 Å². The molecule has 1 amide bonds. The van der Waals surface area contributed by atoms with Gasteiger partial charge in [0.15, 0.2) is 11.0 Å². The van der Waals surface area contributed by atoms with Gasteiger partial charge >= 0.3 is 0 Å². The standard InChI is InChI=1S/C53H70FN9O4S2.C4H11N.C2H4/c1-7-43(18-17-40(2)54)39-59(6)42(4)52(53(64)56-25-12-27-60-30-28-58(5)29-31-60)41(3)44-13-11-14-47(37-44)62-34-32-61(33-35-62)46-21-19-45(20-22-46)57-69(67)49-23-24-50(51(38-49)63(65)66)55-26-36-68-48-15-9-8-10-16-48;1-4-5(2)3;1-2/h7-11,13-24,37-38,40-41,55,57H,12,25-36,39H2,1-6H3,(H,56,64);4H2,1-3H3;1-2H2/b18-17-,43-7+,52-42+;;. The Hall–Kier alpha value is -5.98. The van der Waals surface area contributed by atoms with Crippen LogP contribution in [0.15, 0.2) is 155 Å². The fraction of sp³-hybridized carbons (Fsp3) is 0.441. The molecule has 0 radical (unpaired) electrons. The van der Waals surface area contributed by atoms with Crippen molar-refractivity contribution < 1.29 is 18.3 Å². The van der Waals surface area contributed by atoms with Crippen LogP contribution >= 0.6 is 11.8 Å². The van der Waals surface area contributed by atoms with E-state index in [0.29, 0.717) is 35.9 Å². The zero-order chi connectivity index (χ0) is 55.6. The Morgan fingerprint density at radius 1 is 0.882 bits per heavy atom. The SMILES string of the molecule is C/C=C(\C=C/C(C)F)CN(C)/C(C)=C(/C(=O)NCCCN1CCN(C)CC1)C(C)c1cccc(N2CCN(c3ccc(NS(=O)c4ccc(NCCSc5ccccc5)c([N+](=O)[O-])c4)cc3)CC2)c1.C=C.CCN(C)C. The molecule has 414 valence electrons. The number of anilines is 4. The summed E-state index contributed by atoms with van der Waals surface area (Å²) in [5.74, 6) is 0.465. The number of benzene rings is 4. The number of piperazine rings is 2. The van der Waals surface area contributed by atoms with Crippen LogP contribution in [0.3, 0.4) is 0 Å². The van der Waals surface area contributed by atoms with Crippen LogP contribution in [0, 0.1) is 10.1 Å². The van der Waals surface area contributed by atoms with Crippen molar-refractivity contribution in [1.82, 2.24) is 24.9 Å². The second kappa shape index (κ2) is 33.2. The number of carbonyl (C=O) groups is 1. The summed E-state index contributed by atoms with van der Waals surface area (Å²) in [7, 11) is 6.54. The number of nitro benzene ring substituents is 1. The van der Waals surface area contributed by atoms with E-state index in [1.54, 1.807) is 30.0 Å². The van der Waals surface area contributed by atoms with Crippen LogP contribution in [0.4, 0.5) is 32.8 Å². The first-order valence-corrected chi connectivity index (χ1v) is 28.5. The van der Waals surface area contributed by atoms with Crippen LogP contribution in [0.25, 0.3) is 0 Å².